The molecule has 3 aromatic rings. The number of nitrogen functional groups attached to an aromatic ring is 1. The molecule has 6 heteroatoms. The second-order valence-corrected chi connectivity index (χ2v) is 5.29. The number of thiazole rings is 1. The summed E-state index contributed by atoms with van der Waals surface area (Å²) in [7, 11) is 0. The van der Waals surface area contributed by atoms with Crippen LogP contribution in [0.15, 0.2) is 53.9 Å². The number of hydrogen-bond acceptors (Lipinski definition) is 5. The van der Waals surface area contributed by atoms with Gasteiger partial charge in [-0.3, -0.25) is 10.1 Å². The summed E-state index contributed by atoms with van der Waals surface area (Å²) in [6.07, 6.45) is 0. The molecule has 0 amide bonds. The van der Waals surface area contributed by atoms with Gasteiger partial charge in [-0.25, -0.2) is 4.98 Å². The van der Waals surface area contributed by atoms with E-state index in [0.29, 0.717) is 5.69 Å². The lowest BCUT2D eigenvalue weighted by atomic mass is 10.1. The molecule has 21 heavy (non-hydrogen) atoms. The number of aromatic nitrogens is 1. The van der Waals surface area contributed by atoms with Crippen LogP contribution in [0, 0.1) is 10.1 Å². The first kappa shape index (κ1) is 13.3. The molecule has 104 valence electrons. The molecule has 2 aromatic carbocycles. The van der Waals surface area contributed by atoms with E-state index in [1.165, 1.54) is 23.5 Å². The number of para-hydroxylation sites is 1. The Morgan fingerprint density at radius 2 is 1.95 bits per heavy atom. The SMILES string of the molecule is Nc1ccccc1-c1csc(-c2cccc([N+](=O)[O-])c2)n1. The van der Waals surface area contributed by atoms with E-state index in [9.17, 15) is 10.1 Å². The van der Waals surface area contributed by atoms with Crippen LogP contribution < -0.4 is 5.73 Å². The van der Waals surface area contributed by atoms with Crippen LogP contribution in [0.2, 0.25) is 0 Å². The molecule has 0 saturated heterocycles. The Kier molecular flexibility index (Phi) is 3.37. The average Bonchev–Trinajstić information content (AvgIpc) is 2.97. The van der Waals surface area contributed by atoms with Crippen LogP contribution in [0.5, 0.6) is 0 Å². The lowest BCUT2D eigenvalue weighted by Gasteiger charge is -2.01. The zero-order chi connectivity index (χ0) is 14.8. The van der Waals surface area contributed by atoms with Gasteiger partial charge in [0.1, 0.15) is 5.01 Å². The lowest BCUT2D eigenvalue weighted by Crippen LogP contribution is -1.90. The minimum atomic E-state index is -0.410. The largest absolute Gasteiger partial charge is 0.398 e. The standard InChI is InChI=1S/C15H11N3O2S/c16-13-7-2-1-6-12(13)14-9-21-15(17-14)10-4-3-5-11(8-10)18(19)20/h1-9H,16H2. The van der Waals surface area contributed by atoms with Crippen molar-refractivity contribution in [2.45, 2.75) is 0 Å². The maximum absolute atomic E-state index is 10.8. The van der Waals surface area contributed by atoms with Gasteiger partial charge in [0.2, 0.25) is 0 Å². The third-order valence-electron chi connectivity index (χ3n) is 3.04. The Morgan fingerprint density at radius 3 is 2.71 bits per heavy atom. The van der Waals surface area contributed by atoms with Crippen LogP contribution in [0.25, 0.3) is 21.8 Å². The highest BCUT2D eigenvalue weighted by atomic mass is 32.1. The lowest BCUT2D eigenvalue weighted by molar-refractivity contribution is -0.384. The summed E-state index contributed by atoms with van der Waals surface area (Å²) in [6.45, 7) is 0. The van der Waals surface area contributed by atoms with Gasteiger partial charge in [-0.15, -0.1) is 11.3 Å². The fraction of sp³-hybridized carbons (Fsp3) is 0. The Bertz CT molecular complexity index is 814. The highest BCUT2D eigenvalue weighted by Crippen LogP contribution is 2.32. The van der Waals surface area contributed by atoms with Gasteiger partial charge < -0.3 is 5.73 Å². The highest BCUT2D eigenvalue weighted by molar-refractivity contribution is 7.13. The molecule has 0 aliphatic heterocycles. The monoisotopic (exact) mass is 297 g/mol. The van der Waals surface area contributed by atoms with Crippen molar-refractivity contribution in [2.24, 2.45) is 0 Å². The van der Waals surface area contributed by atoms with Gasteiger partial charge in [0.15, 0.2) is 0 Å². The fourth-order valence-corrected chi connectivity index (χ4v) is 2.83. The highest BCUT2D eigenvalue weighted by Gasteiger charge is 2.11. The Hall–Kier alpha value is -2.73. The maximum atomic E-state index is 10.8. The number of anilines is 1. The predicted molar refractivity (Wildman–Crippen MR) is 84.1 cm³/mol. The first-order valence-electron chi connectivity index (χ1n) is 6.20. The number of nitro groups is 1. The van der Waals surface area contributed by atoms with E-state index in [-0.39, 0.29) is 5.69 Å². The van der Waals surface area contributed by atoms with Gasteiger partial charge in [0.25, 0.3) is 5.69 Å². The molecule has 2 N–H and O–H groups in total. The summed E-state index contributed by atoms with van der Waals surface area (Å²) in [5, 5.41) is 13.5. The molecule has 3 rings (SSSR count). The number of hydrogen-bond donors (Lipinski definition) is 1. The molecule has 0 spiro atoms. The molecule has 0 aliphatic rings. The Labute approximate surface area is 124 Å². The third kappa shape index (κ3) is 2.61. The van der Waals surface area contributed by atoms with E-state index in [0.717, 1.165) is 21.8 Å². The smallest absolute Gasteiger partial charge is 0.270 e. The number of nitro benzene ring substituents is 1. The third-order valence-corrected chi connectivity index (χ3v) is 3.94. The predicted octanol–water partition coefficient (Wildman–Crippen LogP) is 3.97. The zero-order valence-corrected chi connectivity index (χ0v) is 11.7. The molecular weight excluding hydrogens is 286 g/mol. The van der Waals surface area contributed by atoms with E-state index >= 15 is 0 Å². The quantitative estimate of drug-likeness (QED) is 0.450. The van der Waals surface area contributed by atoms with Gasteiger partial charge in [-0.05, 0) is 6.07 Å². The van der Waals surface area contributed by atoms with Gasteiger partial charge in [0.05, 0.1) is 10.6 Å². The Balaban J connectivity index is 2.01. The van der Waals surface area contributed by atoms with E-state index in [1.54, 1.807) is 6.07 Å². The molecule has 0 unspecified atom stereocenters. The molecule has 5 nitrogen and oxygen atoms in total. The average molecular weight is 297 g/mol. The van der Waals surface area contributed by atoms with Crippen molar-refractivity contribution in [3.63, 3.8) is 0 Å². The molecule has 0 radical (unpaired) electrons. The van der Waals surface area contributed by atoms with Crippen molar-refractivity contribution in [3.8, 4) is 21.8 Å². The summed E-state index contributed by atoms with van der Waals surface area (Å²) < 4.78 is 0. The van der Waals surface area contributed by atoms with Crippen molar-refractivity contribution in [3.05, 3.63) is 64.0 Å². The minimum absolute atomic E-state index is 0.0588. The molecule has 0 fully saturated rings. The van der Waals surface area contributed by atoms with E-state index < -0.39 is 4.92 Å². The summed E-state index contributed by atoms with van der Waals surface area (Å²) >= 11 is 1.44. The maximum Gasteiger partial charge on any atom is 0.270 e. The van der Waals surface area contributed by atoms with Crippen molar-refractivity contribution in [2.75, 3.05) is 5.73 Å². The minimum Gasteiger partial charge on any atom is -0.398 e. The summed E-state index contributed by atoms with van der Waals surface area (Å²) in [4.78, 5) is 14.9. The second-order valence-electron chi connectivity index (χ2n) is 4.43. The topological polar surface area (TPSA) is 82.0 Å². The van der Waals surface area contributed by atoms with E-state index in [2.05, 4.69) is 4.98 Å². The first-order valence-corrected chi connectivity index (χ1v) is 7.08. The summed E-state index contributed by atoms with van der Waals surface area (Å²) in [5.41, 5.74) is 9.03. The number of non-ortho nitro benzene ring substituents is 1. The van der Waals surface area contributed by atoms with Crippen molar-refractivity contribution in [1.82, 2.24) is 4.98 Å². The van der Waals surface area contributed by atoms with Gasteiger partial charge >= 0.3 is 0 Å². The molecule has 1 heterocycles. The first-order chi connectivity index (χ1) is 10.1. The fourth-order valence-electron chi connectivity index (χ4n) is 2.01. The van der Waals surface area contributed by atoms with Crippen LogP contribution >= 0.6 is 11.3 Å². The molecule has 0 atom stereocenters. The summed E-state index contributed by atoms with van der Waals surface area (Å²) in [6, 6.07) is 14.0. The molecule has 1 aromatic heterocycles. The molecule has 0 bridgehead atoms. The van der Waals surface area contributed by atoms with Crippen LogP contribution in [0.3, 0.4) is 0 Å². The van der Waals surface area contributed by atoms with Gasteiger partial charge in [-0.1, -0.05) is 30.3 Å². The van der Waals surface area contributed by atoms with Gasteiger partial charge in [0, 0.05) is 34.3 Å². The second kappa shape index (κ2) is 5.34. The Morgan fingerprint density at radius 1 is 1.14 bits per heavy atom. The van der Waals surface area contributed by atoms with Crippen molar-refractivity contribution >= 4 is 22.7 Å². The number of benzene rings is 2. The molecular formula is C15H11N3O2S. The van der Waals surface area contributed by atoms with E-state index in [1.807, 2.05) is 35.7 Å². The number of rotatable bonds is 3. The summed E-state index contributed by atoms with van der Waals surface area (Å²) in [5.74, 6) is 0. The van der Waals surface area contributed by atoms with E-state index in [4.69, 9.17) is 5.73 Å². The van der Waals surface area contributed by atoms with Gasteiger partial charge in [-0.2, -0.15) is 0 Å². The molecule has 0 aliphatic carbocycles. The van der Waals surface area contributed by atoms with Crippen molar-refractivity contribution in [1.29, 1.82) is 0 Å². The number of nitrogens with zero attached hydrogens (tertiary/aromatic N) is 2. The van der Waals surface area contributed by atoms with Crippen LogP contribution in [-0.4, -0.2) is 9.91 Å². The zero-order valence-electron chi connectivity index (χ0n) is 10.9. The molecule has 0 saturated carbocycles. The van der Waals surface area contributed by atoms with Crippen LogP contribution in [0.4, 0.5) is 11.4 Å². The van der Waals surface area contributed by atoms with Crippen molar-refractivity contribution < 1.29 is 4.92 Å². The van der Waals surface area contributed by atoms with Crippen LogP contribution in [-0.2, 0) is 0 Å². The normalized spacial score (nSPS) is 10.5. The number of nitrogens with two attached hydrogens (primary N) is 1. The van der Waals surface area contributed by atoms with Crippen LogP contribution in [0.1, 0.15) is 0 Å².